The van der Waals surface area contributed by atoms with Crippen LogP contribution in [0, 0.1) is 13.8 Å². The van der Waals surface area contributed by atoms with Gasteiger partial charge in [0.25, 0.3) is 5.56 Å². The molecule has 156 valence electrons. The summed E-state index contributed by atoms with van der Waals surface area (Å²) in [6.45, 7) is 8.21. The van der Waals surface area contributed by atoms with Crippen LogP contribution in [0.2, 0.25) is 0 Å². The third-order valence-corrected chi connectivity index (χ3v) is 5.69. The third kappa shape index (κ3) is 3.06. The van der Waals surface area contributed by atoms with E-state index in [1.54, 1.807) is 4.40 Å². The molecule has 0 aromatic carbocycles. The van der Waals surface area contributed by atoms with Crippen molar-refractivity contribution in [1.82, 2.24) is 28.0 Å². The quantitative estimate of drug-likeness (QED) is 0.558. The molecule has 1 aliphatic heterocycles. The molecule has 0 bridgehead atoms. The number of carbonyl (C=O) groups excluding carboxylic acids is 1. The second-order valence-corrected chi connectivity index (χ2v) is 7.40. The minimum absolute atomic E-state index is 0.272. The van der Waals surface area contributed by atoms with Gasteiger partial charge in [0.05, 0.1) is 13.2 Å². The van der Waals surface area contributed by atoms with Crippen LogP contribution in [0.5, 0.6) is 0 Å². The lowest BCUT2D eigenvalue weighted by Gasteiger charge is -2.26. The van der Waals surface area contributed by atoms with E-state index in [0.717, 1.165) is 48.8 Å². The summed E-state index contributed by atoms with van der Waals surface area (Å²) >= 11 is 0. The maximum atomic E-state index is 13.0. The summed E-state index contributed by atoms with van der Waals surface area (Å²) in [7, 11) is 1.54. The van der Waals surface area contributed by atoms with Gasteiger partial charge in [0.2, 0.25) is 11.7 Å². The van der Waals surface area contributed by atoms with Gasteiger partial charge in [-0.3, -0.25) is 23.5 Å². The zero-order valence-corrected chi connectivity index (χ0v) is 16.8. The zero-order valence-electron chi connectivity index (χ0n) is 16.8. The summed E-state index contributed by atoms with van der Waals surface area (Å²) in [6, 6.07) is 0. The first-order valence-electron chi connectivity index (χ1n) is 9.57. The van der Waals surface area contributed by atoms with Crippen molar-refractivity contribution in [2.45, 2.75) is 26.9 Å². The number of amides is 1. The van der Waals surface area contributed by atoms with Crippen LogP contribution < -0.4 is 17.0 Å². The number of nitrogens with two attached hydrogens (primary N) is 1. The standard InChI is InChI=1S/C18H25N7O4/c1-11-12(2)25-14-15(21(3)18(28)24(16(14)27)10-13(19)26)20-17(25)23(11)5-4-22-6-8-29-9-7-22/h4-10H2,1-3H3,(H2,19,26). The fraction of sp³-hybridized carbons (Fsp3) is 0.556. The van der Waals surface area contributed by atoms with Crippen LogP contribution in [-0.2, 0) is 29.7 Å². The third-order valence-electron chi connectivity index (χ3n) is 5.69. The Balaban J connectivity index is 1.88. The summed E-state index contributed by atoms with van der Waals surface area (Å²) in [5.41, 5.74) is 6.47. The molecule has 0 radical (unpaired) electrons. The average Bonchev–Trinajstić information content (AvgIpc) is 3.19. The Kier molecular flexibility index (Phi) is 4.79. The summed E-state index contributed by atoms with van der Waals surface area (Å²) < 4.78 is 11.4. The summed E-state index contributed by atoms with van der Waals surface area (Å²) in [5.74, 6) is -0.146. The van der Waals surface area contributed by atoms with Crippen molar-refractivity contribution in [3.63, 3.8) is 0 Å². The van der Waals surface area contributed by atoms with E-state index in [1.165, 1.54) is 11.6 Å². The van der Waals surface area contributed by atoms with Gasteiger partial charge in [0, 0.05) is 44.6 Å². The Morgan fingerprint density at radius 3 is 2.45 bits per heavy atom. The largest absolute Gasteiger partial charge is 0.379 e. The van der Waals surface area contributed by atoms with Crippen LogP contribution >= 0.6 is 0 Å². The molecule has 29 heavy (non-hydrogen) atoms. The van der Waals surface area contributed by atoms with E-state index in [9.17, 15) is 14.4 Å². The summed E-state index contributed by atoms with van der Waals surface area (Å²) in [5, 5.41) is 0. The molecule has 3 aromatic heterocycles. The Morgan fingerprint density at radius 1 is 1.10 bits per heavy atom. The predicted molar refractivity (Wildman–Crippen MR) is 106 cm³/mol. The molecule has 0 aliphatic carbocycles. The number of aryl methyl sites for hydroxylation is 2. The number of nitrogens with zero attached hydrogens (tertiary/aromatic N) is 6. The van der Waals surface area contributed by atoms with E-state index in [0.29, 0.717) is 18.0 Å². The Bertz CT molecular complexity index is 1220. The molecule has 11 heteroatoms. The van der Waals surface area contributed by atoms with Crippen LogP contribution in [0.4, 0.5) is 0 Å². The maximum Gasteiger partial charge on any atom is 0.332 e. The van der Waals surface area contributed by atoms with Gasteiger partial charge >= 0.3 is 5.69 Å². The van der Waals surface area contributed by atoms with Crippen LogP contribution in [0.1, 0.15) is 11.4 Å². The van der Waals surface area contributed by atoms with Crippen molar-refractivity contribution in [2.75, 3.05) is 32.8 Å². The number of carbonyl (C=O) groups is 1. The van der Waals surface area contributed by atoms with E-state index in [2.05, 4.69) is 14.5 Å². The molecule has 0 atom stereocenters. The first kappa shape index (κ1) is 19.4. The fourth-order valence-corrected chi connectivity index (χ4v) is 3.94. The van der Waals surface area contributed by atoms with Crippen molar-refractivity contribution < 1.29 is 9.53 Å². The molecular formula is C18H25N7O4. The zero-order chi connectivity index (χ0) is 20.9. The van der Waals surface area contributed by atoms with E-state index in [-0.39, 0.29) is 5.52 Å². The molecule has 1 saturated heterocycles. The highest BCUT2D eigenvalue weighted by Gasteiger charge is 2.23. The van der Waals surface area contributed by atoms with Gasteiger partial charge in [-0.2, -0.15) is 4.98 Å². The molecule has 2 N–H and O–H groups in total. The number of aromatic nitrogens is 5. The second kappa shape index (κ2) is 7.16. The van der Waals surface area contributed by atoms with Crippen LogP contribution in [0.15, 0.2) is 9.59 Å². The lowest BCUT2D eigenvalue weighted by atomic mass is 10.3. The van der Waals surface area contributed by atoms with Gasteiger partial charge < -0.3 is 15.0 Å². The molecule has 4 rings (SSSR count). The molecule has 11 nitrogen and oxygen atoms in total. The number of ether oxygens (including phenoxy) is 1. The molecule has 4 heterocycles. The molecular weight excluding hydrogens is 378 g/mol. The highest BCUT2D eigenvalue weighted by molar-refractivity contribution is 5.77. The number of hydrogen-bond acceptors (Lipinski definition) is 6. The number of fused-ring (bicyclic) bond motifs is 3. The number of primary amides is 1. The molecule has 1 fully saturated rings. The normalized spacial score (nSPS) is 15.6. The molecule has 1 amide bonds. The monoisotopic (exact) mass is 403 g/mol. The van der Waals surface area contributed by atoms with Gasteiger partial charge in [-0.15, -0.1) is 0 Å². The van der Waals surface area contributed by atoms with Crippen molar-refractivity contribution >= 4 is 22.8 Å². The summed E-state index contributed by atoms with van der Waals surface area (Å²) in [4.78, 5) is 43.9. The average molecular weight is 403 g/mol. The number of imidazole rings is 2. The van der Waals surface area contributed by atoms with Crippen LogP contribution in [-0.4, -0.2) is 66.7 Å². The van der Waals surface area contributed by atoms with Gasteiger partial charge in [-0.05, 0) is 13.8 Å². The number of rotatable bonds is 5. The molecule has 0 saturated carbocycles. The van der Waals surface area contributed by atoms with Crippen molar-refractivity contribution in [3.8, 4) is 0 Å². The SMILES string of the molecule is Cc1c(C)n2c3c(=O)n(CC(N)=O)c(=O)n(C)c3nc2n1CCN1CCOCC1. The van der Waals surface area contributed by atoms with Gasteiger partial charge in [0.15, 0.2) is 11.2 Å². The van der Waals surface area contributed by atoms with Gasteiger partial charge in [-0.25, -0.2) is 9.36 Å². The van der Waals surface area contributed by atoms with Crippen LogP contribution in [0.25, 0.3) is 16.9 Å². The van der Waals surface area contributed by atoms with Gasteiger partial charge in [0.1, 0.15) is 6.54 Å². The molecule has 3 aromatic rings. The highest BCUT2D eigenvalue weighted by atomic mass is 16.5. The van der Waals surface area contributed by atoms with E-state index >= 15 is 0 Å². The second-order valence-electron chi connectivity index (χ2n) is 7.40. The van der Waals surface area contributed by atoms with Crippen molar-refractivity contribution in [3.05, 3.63) is 32.2 Å². The minimum Gasteiger partial charge on any atom is -0.379 e. The lowest BCUT2D eigenvalue weighted by Crippen LogP contribution is -2.42. The van der Waals surface area contributed by atoms with Crippen LogP contribution in [0.3, 0.4) is 0 Å². The van der Waals surface area contributed by atoms with E-state index < -0.39 is 23.7 Å². The van der Waals surface area contributed by atoms with Gasteiger partial charge in [-0.1, -0.05) is 0 Å². The topological polar surface area (TPSA) is 122 Å². The van der Waals surface area contributed by atoms with E-state index in [1.807, 2.05) is 13.8 Å². The smallest absolute Gasteiger partial charge is 0.332 e. The predicted octanol–water partition coefficient (Wildman–Crippen LogP) is -1.42. The number of hydrogen-bond donors (Lipinski definition) is 1. The highest BCUT2D eigenvalue weighted by Crippen LogP contribution is 2.20. The molecule has 0 unspecified atom stereocenters. The first-order chi connectivity index (χ1) is 13.8. The van der Waals surface area contributed by atoms with E-state index in [4.69, 9.17) is 10.5 Å². The summed E-state index contributed by atoms with van der Waals surface area (Å²) in [6.07, 6.45) is 0. The molecule has 1 aliphatic rings. The first-order valence-corrected chi connectivity index (χ1v) is 9.57. The van der Waals surface area contributed by atoms with Crippen molar-refractivity contribution in [2.24, 2.45) is 12.8 Å². The number of morpholine rings is 1. The Hall–Kier alpha value is -2.92. The Morgan fingerprint density at radius 2 is 1.79 bits per heavy atom. The fourth-order valence-electron chi connectivity index (χ4n) is 3.94. The molecule has 0 spiro atoms. The Labute approximate surface area is 165 Å². The van der Waals surface area contributed by atoms with Crippen molar-refractivity contribution in [1.29, 1.82) is 0 Å². The maximum absolute atomic E-state index is 13.0. The minimum atomic E-state index is -0.750. The lowest BCUT2D eigenvalue weighted by molar-refractivity contribution is -0.118.